The summed E-state index contributed by atoms with van der Waals surface area (Å²) in [6, 6.07) is 8.88. The molecular formula is C19H28N2O3. The second-order valence-electron chi connectivity index (χ2n) is 7.32. The summed E-state index contributed by atoms with van der Waals surface area (Å²) in [6.07, 6.45) is 0.772. The molecule has 3 unspecified atom stereocenters. The number of carbonyl (C=O) groups excluding carboxylic acids is 2. The van der Waals surface area contributed by atoms with Crippen LogP contribution in [-0.4, -0.2) is 35.1 Å². The molecule has 1 aliphatic rings. The highest BCUT2D eigenvalue weighted by atomic mass is 16.3. The fraction of sp³-hybridized carbons (Fsp3) is 0.579. The third-order valence-corrected chi connectivity index (χ3v) is 4.97. The molecule has 2 rings (SSSR count). The zero-order valence-corrected chi connectivity index (χ0v) is 14.9. The molecule has 3 atom stereocenters. The molecule has 1 aromatic rings. The van der Waals surface area contributed by atoms with Crippen LogP contribution in [0.5, 0.6) is 0 Å². The normalized spacial score (nSPS) is 18.4. The highest BCUT2D eigenvalue weighted by molar-refractivity contribution is 5.90. The van der Waals surface area contributed by atoms with Gasteiger partial charge in [-0.1, -0.05) is 44.2 Å². The fourth-order valence-corrected chi connectivity index (χ4v) is 2.62. The van der Waals surface area contributed by atoms with E-state index in [0.29, 0.717) is 0 Å². The monoisotopic (exact) mass is 332 g/mol. The molecule has 0 spiro atoms. The Morgan fingerprint density at radius 3 is 2.21 bits per heavy atom. The van der Waals surface area contributed by atoms with Crippen LogP contribution in [0.15, 0.2) is 30.3 Å². The van der Waals surface area contributed by atoms with Crippen LogP contribution in [0.3, 0.4) is 0 Å². The van der Waals surface area contributed by atoms with Gasteiger partial charge in [0.05, 0.1) is 6.10 Å². The lowest BCUT2D eigenvalue weighted by molar-refractivity contribution is -0.132. The predicted molar refractivity (Wildman–Crippen MR) is 93.4 cm³/mol. The summed E-state index contributed by atoms with van der Waals surface area (Å²) in [7, 11) is 0. The number of aliphatic hydroxyl groups excluding tert-OH is 1. The van der Waals surface area contributed by atoms with E-state index >= 15 is 0 Å². The Balaban J connectivity index is 2.03. The zero-order valence-electron chi connectivity index (χ0n) is 14.9. The molecule has 5 heteroatoms. The number of carbonyl (C=O) groups is 2. The van der Waals surface area contributed by atoms with E-state index in [2.05, 4.69) is 24.5 Å². The molecule has 0 aliphatic heterocycles. The molecule has 2 amide bonds. The summed E-state index contributed by atoms with van der Waals surface area (Å²) in [5, 5.41) is 15.5. The van der Waals surface area contributed by atoms with Crippen molar-refractivity contribution < 1.29 is 14.7 Å². The van der Waals surface area contributed by atoms with E-state index in [1.807, 2.05) is 37.3 Å². The van der Waals surface area contributed by atoms with E-state index in [1.165, 1.54) is 6.92 Å². The summed E-state index contributed by atoms with van der Waals surface area (Å²) in [6.45, 7) is 7.58. The number of aliphatic hydroxyl groups is 1. The Kier molecular flexibility index (Phi) is 5.65. The first-order valence-corrected chi connectivity index (χ1v) is 8.58. The van der Waals surface area contributed by atoms with Crippen LogP contribution in [0.25, 0.3) is 0 Å². The average molecular weight is 332 g/mol. The third-order valence-electron chi connectivity index (χ3n) is 4.97. The minimum atomic E-state index is -0.945. The van der Waals surface area contributed by atoms with E-state index in [9.17, 15) is 14.7 Å². The molecule has 5 nitrogen and oxygen atoms in total. The number of hydrogen-bond acceptors (Lipinski definition) is 3. The lowest BCUT2D eigenvalue weighted by Crippen LogP contribution is -2.57. The van der Waals surface area contributed by atoms with Crippen LogP contribution in [0.1, 0.15) is 46.1 Å². The van der Waals surface area contributed by atoms with E-state index in [-0.39, 0.29) is 29.2 Å². The van der Waals surface area contributed by atoms with Crippen LogP contribution in [0.2, 0.25) is 0 Å². The minimum Gasteiger partial charge on any atom is -0.391 e. The summed E-state index contributed by atoms with van der Waals surface area (Å²) in [5.74, 6) is -0.501. The van der Waals surface area contributed by atoms with Crippen molar-refractivity contribution in [2.24, 2.45) is 5.92 Å². The SMILES string of the molecule is CC(O)C(NC(=O)C1CC1)C(=O)NC(C)C(C)(C)c1ccccc1. The Bertz CT molecular complexity index is 580. The predicted octanol–water partition coefficient (Wildman–Crippen LogP) is 1.74. The van der Waals surface area contributed by atoms with Gasteiger partial charge >= 0.3 is 0 Å². The lowest BCUT2D eigenvalue weighted by Gasteiger charge is -2.34. The van der Waals surface area contributed by atoms with E-state index in [0.717, 1.165) is 18.4 Å². The minimum absolute atomic E-state index is 0.00256. The van der Waals surface area contributed by atoms with Gasteiger partial charge in [0.1, 0.15) is 6.04 Å². The van der Waals surface area contributed by atoms with Crippen molar-refractivity contribution in [1.29, 1.82) is 0 Å². The van der Waals surface area contributed by atoms with Gasteiger partial charge in [-0.15, -0.1) is 0 Å². The van der Waals surface area contributed by atoms with Gasteiger partial charge in [0.15, 0.2) is 0 Å². The maximum atomic E-state index is 12.6. The fourth-order valence-electron chi connectivity index (χ4n) is 2.62. The second-order valence-corrected chi connectivity index (χ2v) is 7.32. The number of amides is 2. The topological polar surface area (TPSA) is 78.4 Å². The van der Waals surface area contributed by atoms with Gasteiger partial charge in [0.25, 0.3) is 0 Å². The Hall–Kier alpha value is -1.88. The average Bonchev–Trinajstić information content (AvgIpc) is 3.37. The van der Waals surface area contributed by atoms with Crippen LogP contribution >= 0.6 is 0 Å². The first kappa shape index (κ1) is 18.5. The highest BCUT2D eigenvalue weighted by Crippen LogP contribution is 2.29. The molecule has 0 heterocycles. The lowest BCUT2D eigenvalue weighted by atomic mass is 9.78. The van der Waals surface area contributed by atoms with Crippen molar-refractivity contribution in [2.75, 3.05) is 0 Å². The van der Waals surface area contributed by atoms with Crippen LogP contribution < -0.4 is 10.6 Å². The van der Waals surface area contributed by atoms with Crippen LogP contribution in [0, 0.1) is 5.92 Å². The molecule has 0 bridgehead atoms. The molecule has 1 saturated carbocycles. The van der Waals surface area contributed by atoms with Crippen molar-refractivity contribution in [3.05, 3.63) is 35.9 Å². The van der Waals surface area contributed by atoms with Gasteiger partial charge < -0.3 is 15.7 Å². The van der Waals surface area contributed by atoms with Crippen molar-refractivity contribution in [3.63, 3.8) is 0 Å². The maximum Gasteiger partial charge on any atom is 0.245 e. The molecule has 0 aromatic heterocycles. The van der Waals surface area contributed by atoms with Crippen molar-refractivity contribution in [3.8, 4) is 0 Å². The van der Waals surface area contributed by atoms with Gasteiger partial charge in [-0.25, -0.2) is 0 Å². The number of hydrogen-bond donors (Lipinski definition) is 3. The number of nitrogens with one attached hydrogen (secondary N) is 2. The Labute approximate surface area is 143 Å². The summed E-state index contributed by atoms with van der Waals surface area (Å²) < 4.78 is 0. The third kappa shape index (κ3) is 4.35. The standard InChI is InChI=1S/C19H28N2O3/c1-12(22)16(21-17(23)14-10-11-14)18(24)20-13(2)19(3,4)15-8-6-5-7-9-15/h5-9,12-14,16,22H,10-11H2,1-4H3,(H,20,24)(H,21,23). The van der Waals surface area contributed by atoms with Gasteiger partial charge in [0.2, 0.25) is 11.8 Å². The molecule has 0 saturated heterocycles. The number of benzene rings is 1. The first-order chi connectivity index (χ1) is 11.2. The smallest absolute Gasteiger partial charge is 0.245 e. The van der Waals surface area contributed by atoms with Gasteiger partial charge in [-0.3, -0.25) is 9.59 Å². The molecule has 24 heavy (non-hydrogen) atoms. The molecule has 1 fully saturated rings. The molecular weight excluding hydrogens is 304 g/mol. The van der Waals surface area contributed by atoms with Crippen LogP contribution in [-0.2, 0) is 15.0 Å². The Morgan fingerprint density at radius 1 is 1.12 bits per heavy atom. The first-order valence-electron chi connectivity index (χ1n) is 8.58. The molecule has 132 valence electrons. The van der Waals surface area contributed by atoms with E-state index in [4.69, 9.17) is 0 Å². The highest BCUT2D eigenvalue weighted by Gasteiger charge is 2.36. The maximum absolute atomic E-state index is 12.6. The molecule has 0 radical (unpaired) electrons. The largest absolute Gasteiger partial charge is 0.391 e. The molecule has 1 aromatic carbocycles. The van der Waals surface area contributed by atoms with E-state index in [1.54, 1.807) is 0 Å². The summed E-state index contributed by atoms with van der Waals surface area (Å²) >= 11 is 0. The van der Waals surface area contributed by atoms with Gasteiger partial charge in [0, 0.05) is 17.4 Å². The van der Waals surface area contributed by atoms with Crippen molar-refractivity contribution in [1.82, 2.24) is 10.6 Å². The quantitative estimate of drug-likeness (QED) is 0.712. The summed E-state index contributed by atoms with van der Waals surface area (Å²) in [4.78, 5) is 24.5. The van der Waals surface area contributed by atoms with Gasteiger partial charge in [-0.2, -0.15) is 0 Å². The molecule has 1 aliphatic carbocycles. The Morgan fingerprint density at radius 2 is 1.71 bits per heavy atom. The number of rotatable bonds is 7. The summed E-state index contributed by atoms with van der Waals surface area (Å²) in [5.41, 5.74) is 0.842. The molecule has 3 N–H and O–H groups in total. The van der Waals surface area contributed by atoms with Crippen LogP contribution in [0.4, 0.5) is 0 Å². The second kappa shape index (κ2) is 7.34. The van der Waals surface area contributed by atoms with Crippen molar-refractivity contribution in [2.45, 2.75) is 64.1 Å². The van der Waals surface area contributed by atoms with E-state index < -0.39 is 12.1 Å². The zero-order chi connectivity index (χ0) is 17.9. The van der Waals surface area contributed by atoms with Crippen molar-refractivity contribution >= 4 is 11.8 Å². The van der Waals surface area contributed by atoms with Gasteiger partial charge in [-0.05, 0) is 32.3 Å².